The molecule has 0 fully saturated rings. The zero-order chi connectivity index (χ0) is 19.8. The summed E-state index contributed by atoms with van der Waals surface area (Å²) in [6, 6.07) is 12.8. The maximum atomic E-state index is 12.4. The molecular weight excluding hydrogens is 342 g/mol. The molecule has 2 aromatic carbocycles. The Hall–Kier alpha value is -3.08. The average molecular weight is 367 g/mol. The van der Waals surface area contributed by atoms with Crippen molar-refractivity contribution in [3.8, 4) is 11.5 Å². The molecule has 0 atom stereocenters. The molecule has 142 valence electrons. The Bertz CT molecular complexity index is 840. The molecule has 0 radical (unpaired) electrons. The van der Waals surface area contributed by atoms with Gasteiger partial charge in [-0.25, -0.2) is 0 Å². The molecule has 2 aromatic rings. The highest BCUT2D eigenvalue weighted by Gasteiger charge is 2.10. The fourth-order valence-corrected chi connectivity index (χ4v) is 2.40. The van der Waals surface area contributed by atoms with E-state index in [1.54, 1.807) is 38.4 Å². The molecule has 0 aliphatic rings. The first kappa shape index (κ1) is 20.2. The topological polar surface area (TPSA) is 55.8 Å². The summed E-state index contributed by atoms with van der Waals surface area (Å²) in [7, 11) is 3.35. The van der Waals surface area contributed by atoms with Crippen molar-refractivity contribution in [3.63, 3.8) is 0 Å². The van der Waals surface area contributed by atoms with Gasteiger partial charge in [0.25, 0.3) is 5.91 Å². The van der Waals surface area contributed by atoms with Gasteiger partial charge in [-0.15, -0.1) is 0 Å². The zero-order valence-electron chi connectivity index (χ0n) is 16.2. The van der Waals surface area contributed by atoms with E-state index in [0.717, 1.165) is 11.1 Å². The number of allylic oxidation sites excluding steroid dienone is 1. The Morgan fingerprint density at radius 3 is 2.44 bits per heavy atom. The van der Waals surface area contributed by atoms with E-state index in [1.807, 2.05) is 44.2 Å². The van der Waals surface area contributed by atoms with E-state index in [0.29, 0.717) is 23.7 Å². The molecule has 0 saturated heterocycles. The third kappa shape index (κ3) is 5.71. The second kappa shape index (κ2) is 9.57. The first-order valence-corrected chi connectivity index (χ1v) is 8.80. The first-order valence-electron chi connectivity index (χ1n) is 8.80. The number of benzene rings is 2. The van der Waals surface area contributed by atoms with Crippen LogP contribution in [0.2, 0.25) is 0 Å². The van der Waals surface area contributed by atoms with Gasteiger partial charge in [-0.2, -0.15) is 0 Å². The third-order valence-corrected chi connectivity index (χ3v) is 3.96. The van der Waals surface area contributed by atoms with Crippen LogP contribution in [0.1, 0.15) is 28.4 Å². The quantitative estimate of drug-likeness (QED) is 0.527. The van der Waals surface area contributed by atoms with Gasteiger partial charge in [0.2, 0.25) is 0 Å². The van der Waals surface area contributed by atoms with Gasteiger partial charge in [-0.05, 0) is 43.2 Å². The second-order valence-electron chi connectivity index (χ2n) is 6.23. The van der Waals surface area contributed by atoms with E-state index < -0.39 is 0 Å². The Labute approximate surface area is 160 Å². The molecule has 2 rings (SSSR count). The summed E-state index contributed by atoms with van der Waals surface area (Å²) in [5.41, 5.74) is 2.43. The van der Waals surface area contributed by atoms with Crippen LogP contribution in [0, 0.1) is 6.92 Å². The Balaban J connectivity index is 2.16. The summed E-state index contributed by atoms with van der Waals surface area (Å²) in [6.45, 7) is 4.19. The molecule has 0 N–H and O–H groups in total. The van der Waals surface area contributed by atoms with Crippen molar-refractivity contribution in [3.05, 3.63) is 65.2 Å². The number of nitrogens with zero attached hydrogens (tertiary/aromatic N) is 1. The van der Waals surface area contributed by atoms with E-state index in [9.17, 15) is 9.59 Å². The van der Waals surface area contributed by atoms with Crippen molar-refractivity contribution in [2.75, 3.05) is 27.3 Å². The van der Waals surface area contributed by atoms with Crippen LogP contribution in [0.3, 0.4) is 0 Å². The predicted octanol–water partition coefficient (Wildman–Crippen LogP) is 3.76. The molecule has 5 heteroatoms. The molecule has 0 spiro atoms. The largest absolute Gasteiger partial charge is 0.490 e. The van der Waals surface area contributed by atoms with Crippen molar-refractivity contribution in [1.82, 2.24) is 4.90 Å². The van der Waals surface area contributed by atoms with E-state index in [1.165, 1.54) is 4.90 Å². The lowest BCUT2D eigenvalue weighted by Gasteiger charge is -2.14. The van der Waals surface area contributed by atoms with E-state index in [2.05, 4.69) is 0 Å². The number of rotatable bonds is 8. The number of ketones is 1. The van der Waals surface area contributed by atoms with Crippen LogP contribution in [0.4, 0.5) is 0 Å². The van der Waals surface area contributed by atoms with E-state index in [-0.39, 0.29) is 18.3 Å². The van der Waals surface area contributed by atoms with Gasteiger partial charge >= 0.3 is 0 Å². The summed E-state index contributed by atoms with van der Waals surface area (Å²) >= 11 is 0. The predicted molar refractivity (Wildman–Crippen MR) is 106 cm³/mol. The van der Waals surface area contributed by atoms with Gasteiger partial charge < -0.3 is 14.4 Å². The smallest absolute Gasteiger partial charge is 0.259 e. The fraction of sp³-hybridized carbons (Fsp3) is 0.273. The Kier molecular flexibility index (Phi) is 7.17. The Morgan fingerprint density at radius 2 is 1.78 bits per heavy atom. The zero-order valence-corrected chi connectivity index (χ0v) is 16.2. The average Bonchev–Trinajstić information content (AvgIpc) is 2.65. The summed E-state index contributed by atoms with van der Waals surface area (Å²) in [4.78, 5) is 25.5. The molecule has 0 aliphatic carbocycles. The van der Waals surface area contributed by atoms with Crippen LogP contribution in [-0.4, -0.2) is 43.9 Å². The van der Waals surface area contributed by atoms with Gasteiger partial charge in [0, 0.05) is 19.7 Å². The fourth-order valence-electron chi connectivity index (χ4n) is 2.40. The van der Waals surface area contributed by atoms with Crippen molar-refractivity contribution in [2.24, 2.45) is 0 Å². The third-order valence-electron chi connectivity index (χ3n) is 3.96. The van der Waals surface area contributed by atoms with Gasteiger partial charge in [0.15, 0.2) is 23.9 Å². The lowest BCUT2D eigenvalue weighted by molar-refractivity contribution is -0.130. The molecule has 27 heavy (non-hydrogen) atoms. The molecule has 0 heterocycles. The molecular formula is C22H25NO4. The highest BCUT2D eigenvalue weighted by atomic mass is 16.5. The summed E-state index contributed by atoms with van der Waals surface area (Å²) in [6.07, 6.45) is 3.29. The number of likely N-dealkylation sites (N-methyl/N-ethyl adjacent to an activating group) is 1. The molecule has 0 unspecified atom stereocenters. The van der Waals surface area contributed by atoms with Crippen LogP contribution < -0.4 is 9.47 Å². The van der Waals surface area contributed by atoms with Crippen molar-refractivity contribution >= 4 is 17.8 Å². The molecule has 0 bridgehead atoms. The van der Waals surface area contributed by atoms with Crippen LogP contribution in [0.15, 0.2) is 48.5 Å². The van der Waals surface area contributed by atoms with Gasteiger partial charge in [0.05, 0.1) is 6.61 Å². The van der Waals surface area contributed by atoms with Crippen molar-refractivity contribution in [1.29, 1.82) is 0 Å². The Morgan fingerprint density at radius 1 is 1.04 bits per heavy atom. The highest BCUT2D eigenvalue weighted by molar-refractivity contribution is 6.07. The van der Waals surface area contributed by atoms with Crippen molar-refractivity contribution < 1.29 is 19.1 Å². The summed E-state index contributed by atoms with van der Waals surface area (Å²) < 4.78 is 11.2. The second-order valence-corrected chi connectivity index (χ2v) is 6.23. The summed E-state index contributed by atoms with van der Waals surface area (Å²) in [5, 5.41) is 0. The standard InChI is InChI=1S/C22H25NO4/c1-5-26-21-14-17(11-13-20(21)27-15-22(25)23(3)4)10-12-19(24)18-9-7-6-8-16(18)2/h6-14H,5,15H2,1-4H3/b12-10+. The van der Waals surface area contributed by atoms with Gasteiger partial charge in [-0.1, -0.05) is 36.4 Å². The molecule has 0 aliphatic heterocycles. The number of ether oxygens (including phenoxy) is 2. The normalized spacial score (nSPS) is 10.7. The lowest BCUT2D eigenvalue weighted by atomic mass is 10.0. The van der Waals surface area contributed by atoms with Crippen LogP contribution in [-0.2, 0) is 4.79 Å². The molecule has 5 nitrogen and oxygen atoms in total. The maximum Gasteiger partial charge on any atom is 0.259 e. The number of carbonyl (C=O) groups excluding carboxylic acids is 2. The number of amides is 1. The number of hydrogen-bond acceptors (Lipinski definition) is 4. The minimum atomic E-state index is -0.134. The highest BCUT2D eigenvalue weighted by Crippen LogP contribution is 2.29. The van der Waals surface area contributed by atoms with E-state index >= 15 is 0 Å². The monoisotopic (exact) mass is 367 g/mol. The SMILES string of the molecule is CCOc1cc(/C=C/C(=O)c2ccccc2C)ccc1OCC(=O)N(C)C. The number of carbonyl (C=O) groups is 2. The van der Waals surface area contributed by atoms with Gasteiger partial charge in [-0.3, -0.25) is 9.59 Å². The van der Waals surface area contributed by atoms with Crippen molar-refractivity contribution in [2.45, 2.75) is 13.8 Å². The lowest BCUT2D eigenvalue weighted by Crippen LogP contribution is -2.27. The van der Waals surface area contributed by atoms with Crippen LogP contribution in [0.25, 0.3) is 6.08 Å². The first-order chi connectivity index (χ1) is 12.9. The summed E-state index contributed by atoms with van der Waals surface area (Å²) in [5.74, 6) is 0.845. The van der Waals surface area contributed by atoms with E-state index in [4.69, 9.17) is 9.47 Å². The maximum absolute atomic E-state index is 12.4. The minimum Gasteiger partial charge on any atom is -0.490 e. The molecule has 0 aromatic heterocycles. The molecule has 0 saturated carbocycles. The number of aryl methyl sites for hydroxylation is 1. The number of hydrogen-bond donors (Lipinski definition) is 0. The van der Waals surface area contributed by atoms with Crippen LogP contribution >= 0.6 is 0 Å². The van der Waals surface area contributed by atoms with Gasteiger partial charge in [0.1, 0.15) is 0 Å². The molecule has 1 amide bonds. The minimum absolute atomic E-state index is 0.0528. The van der Waals surface area contributed by atoms with Crippen LogP contribution in [0.5, 0.6) is 11.5 Å².